The van der Waals surface area contributed by atoms with Crippen LogP contribution >= 0.6 is 27.5 Å². The van der Waals surface area contributed by atoms with Crippen LogP contribution in [0.4, 0.5) is 0 Å². The summed E-state index contributed by atoms with van der Waals surface area (Å²) in [5.74, 6) is 0. The molecule has 6 aromatic rings. The summed E-state index contributed by atoms with van der Waals surface area (Å²) in [5.41, 5.74) is 6.74. The number of fused-ring (bicyclic) bond motifs is 5. The van der Waals surface area contributed by atoms with Crippen LogP contribution in [-0.4, -0.2) is 9.55 Å². The number of nitrogens with zero attached hydrogens (tertiary/aromatic N) is 2. The van der Waals surface area contributed by atoms with Gasteiger partial charge in [0.25, 0.3) is 6.33 Å². The summed E-state index contributed by atoms with van der Waals surface area (Å²) in [6, 6.07) is 27.0. The monoisotopic (exact) mass is 472 g/mol. The molecule has 5 heteroatoms. The van der Waals surface area contributed by atoms with Crippen molar-refractivity contribution in [2.45, 2.75) is 0 Å². The lowest BCUT2D eigenvalue weighted by atomic mass is 10.1. The van der Waals surface area contributed by atoms with E-state index in [0.29, 0.717) is 0 Å². The molecule has 0 fully saturated rings. The van der Waals surface area contributed by atoms with E-state index >= 15 is 0 Å². The molecule has 0 aliphatic heterocycles. The lowest BCUT2D eigenvalue weighted by Crippen LogP contribution is -2.17. The molecule has 30 heavy (non-hydrogen) atoms. The highest BCUT2D eigenvalue weighted by Gasteiger charge is 2.24. The van der Waals surface area contributed by atoms with Crippen molar-refractivity contribution in [3.8, 4) is 16.9 Å². The lowest BCUT2D eigenvalue weighted by molar-refractivity contribution is -0.510. The number of para-hydroxylation sites is 1. The third-order valence-electron chi connectivity index (χ3n) is 5.57. The molecule has 0 unspecified atom stereocenters. The predicted octanol–water partition coefficient (Wildman–Crippen LogP) is 6.93. The van der Waals surface area contributed by atoms with Gasteiger partial charge in [0.2, 0.25) is 5.52 Å². The van der Waals surface area contributed by atoms with E-state index in [2.05, 4.69) is 97.0 Å². The van der Waals surface area contributed by atoms with Crippen LogP contribution in [0.5, 0.6) is 0 Å². The number of rotatable bonds is 2. The van der Waals surface area contributed by atoms with Crippen LogP contribution < -0.4 is 4.40 Å². The van der Waals surface area contributed by atoms with Crippen molar-refractivity contribution >= 4 is 54.9 Å². The van der Waals surface area contributed by atoms with Gasteiger partial charge in [0.1, 0.15) is 5.69 Å². The zero-order valence-electron chi connectivity index (χ0n) is 15.8. The van der Waals surface area contributed by atoms with Gasteiger partial charge in [-0.2, -0.15) is 8.97 Å². The van der Waals surface area contributed by atoms with Crippen LogP contribution in [0.1, 0.15) is 0 Å². The zero-order valence-corrected chi connectivity index (χ0v) is 18.2. The first-order chi connectivity index (χ1) is 14.7. The Kier molecular flexibility index (Phi) is 3.98. The van der Waals surface area contributed by atoms with Crippen molar-refractivity contribution in [3.63, 3.8) is 0 Å². The number of H-pyrrole nitrogens is 1. The fourth-order valence-electron chi connectivity index (χ4n) is 4.20. The van der Waals surface area contributed by atoms with E-state index in [1.54, 1.807) is 0 Å². The number of hydrogen-bond donors (Lipinski definition) is 1. The van der Waals surface area contributed by atoms with E-state index in [1.165, 1.54) is 10.8 Å². The molecule has 0 aliphatic carbocycles. The summed E-state index contributed by atoms with van der Waals surface area (Å²) in [7, 11) is 0. The molecule has 0 saturated heterocycles. The topological polar surface area (TPSA) is 24.8 Å². The van der Waals surface area contributed by atoms with E-state index in [4.69, 9.17) is 11.6 Å². The van der Waals surface area contributed by atoms with Gasteiger partial charge in [0.15, 0.2) is 5.69 Å². The Labute approximate surface area is 186 Å². The number of benzene rings is 3. The third-order valence-corrected chi connectivity index (χ3v) is 6.35. The second kappa shape index (κ2) is 6.73. The van der Waals surface area contributed by atoms with Crippen molar-refractivity contribution in [3.05, 3.63) is 101 Å². The molecule has 0 bridgehead atoms. The first-order valence-corrected chi connectivity index (χ1v) is 10.8. The Hall–Kier alpha value is -3.08. The molecule has 3 nitrogen and oxygen atoms in total. The van der Waals surface area contributed by atoms with Gasteiger partial charge in [-0.1, -0.05) is 45.7 Å². The van der Waals surface area contributed by atoms with Crippen LogP contribution in [0.3, 0.4) is 0 Å². The van der Waals surface area contributed by atoms with Crippen LogP contribution in [0.15, 0.2) is 95.9 Å². The summed E-state index contributed by atoms with van der Waals surface area (Å²) >= 11 is 9.71. The van der Waals surface area contributed by atoms with Gasteiger partial charge in [0.05, 0.1) is 11.7 Å². The second-order valence-corrected chi connectivity index (χ2v) is 8.70. The predicted molar refractivity (Wildman–Crippen MR) is 126 cm³/mol. The molecule has 1 N–H and O–H groups in total. The van der Waals surface area contributed by atoms with E-state index in [1.807, 2.05) is 24.3 Å². The Bertz CT molecular complexity index is 1540. The van der Waals surface area contributed by atoms with Gasteiger partial charge in [-0.15, -0.1) is 0 Å². The maximum Gasteiger partial charge on any atom is 0.254 e. The minimum Gasteiger partial charge on any atom is -0.351 e. The Morgan fingerprint density at radius 2 is 1.60 bits per heavy atom. The van der Waals surface area contributed by atoms with E-state index in [-0.39, 0.29) is 0 Å². The van der Waals surface area contributed by atoms with Gasteiger partial charge >= 0.3 is 0 Å². The average Bonchev–Trinajstić information content (AvgIpc) is 3.33. The largest absolute Gasteiger partial charge is 0.351 e. The van der Waals surface area contributed by atoms with E-state index in [9.17, 15) is 0 Å². The fraction of sp³-hybridized carbons (Fsp3) is 0. The summed E-state index contributed by atoms with van der Waals surface area (Å²) in [4.78, 5) is 3.65. The molecule has 0 aliphatic rings. The average molecular weight is 474 g/mol. The molecule has 3 aromatic carbocycles. The van der Waals surface area contributed by atoms with Gasteiger partial charge in [-0.3, -0.25) is 0 Å². The highest BCUT2D eigenvalue weighted by atomic mass is 79.9. The fourth-order valence-corrected chi connectivity index (χ4v) is 4.59. The molecular weight excluding hydrogens is 458 g/mol. The quantitative estimate of drug-likeness (QED) is 0.264. The number of halogens is 2. The molecule has 3 heterocycles. The van der Waals surface area contributed by atoms with Crippen molar-refractivity contribution in [2.24, 2.45) is 0 Å². The summed E-state index contributed by atoms with van der Waals surface area (Å²) in [6.45, 7) is 0. The third kappa shape index (κ3) is 2.68. The number of aromatic amines is 1. The van der Waals surface area contributed by atoms with Crippen LogP contribution in [0, 0.1) is 0 Å². The Morgan fingerprint density at radius 3 is 2.40 bits per heavy atom. The van der Waals surface area contributed by atoms with Gasteiger partial charge < -0.3 is 4.98 Å². The first-order valence-electron chi connectivity index (χ1n) is 9.67. The molecular formula is C25H16BrClN3+. The number of imidazole rings is 1. The minimum atomic E-state index is 0.728. The van der Waals surface area contributed by atoms with Crippen molar-refractivity contribution in [1.29, 1.82) is 0 Å². The molecule has 0 saturated carbocycles. The van der Waals surface area contributed by atoms with E-state index in [0.717, 1.165) is 43.0 Å². The van der Waals surface area contributed by atoms with Crippen LogP contribution in [0.2, 0.25) is 5.02 Å². The smallest absolute Gasteiger partial charge is 0.254 e. The maximum absolute atomic E-state index is 6.15. The normalized spacial score (nSPS) is 11.7. The molecule has 0 radical (unpaired) electrons. The zero-order chi connectivity index (χ0) is 20.2. The van der Waals surface area contributed by atoms with Gasteiger partial charge in [-0.05, 0) is 60.7 Å². The molecule has 0 atom stereocenters. The van der Waals surface area contributed by atoms with Crippen molar-refractivity contribution < 1.29 is 4.40 Å². The number of nitrogens with one attached hydrogen (secondary N) is 1. The van der Waals surface area contributed by atoms with Crippen LogP contribution in [0.25, 0.3) is 44.3 Å². The standard InChI is InChI=1S/C25H16BrClN3/c26-17-7-5-16(6-8-17)24-25-23-21(20-3-1-2-4-22(20)28-23)13-14-29(25)15-30(24)19-11-9-18(27)10-12-19/h1-15,28H/q+1. The number of hydrogen-bond acceptors (Lipinski definition) is 0. The first kappa shape index (κ1) is 17.8. The van der Waals surface area contributed by atoms with E-state index < -0.39 is 0 Å². The number of aromatic nitrogens is 3. The highest BCUT2D eigenvalue weighted by Crippen LogP contribution is 2.34. The SMILES string of the molecule is Clc1ccc(-n2c[n+]3ccc4c5ccccc5[nH]c4c3c2-c2ccc(Br)cc2)cc1. The second-order valence-electron chi connectivity index (χ2n) is 7.35. The van der Waals surface area contributed by atoms with Crippen LogP contribution in [-0.2, 0) is 0 Å². The molecule has 6 rings (SSSR count). The molecule has 0 spiro atoms. The van der Waals surface area contributed by atoms with Gasteiger partial charge in [0, 0.05) is 31.3 Å². The Balaban J connectivity index is 1.77. The molecule has 144 valence electrons. The Morgan fingerprint density at radius 1 is 0.833 bits per heavy atom. The van der Waals surface area contributed by atoms with Crippen molar-refractivity contribution in [2.75, 3.05) is 0 Å². The number of pyridine rings is 1. The van der Waals surface area contributed by atoms with Gasteiger partial charge in [-0.25, -0.2) is 0 Å². The summed E-state index contributed by atoms with van der Waals surface area (Å²) < 4.78 is 5.47. The minimum absolute atomic E-state index is 0.728. The summed E-state index contributed by atoms with van der Waals surface area (Å²) in [5, 5.41) is 3.18. The van der Waals surface area contributed by atoms with Crippen molar-refractivity contribution in [1.82, 2.24) is 9.55 Å². The summed E-state index contributed by atoms with van der Waals surface area (Å²) in [6.07, 6.45) is 4.26. The molecule has 0 amide bonds. The maximum atomic E-state index is 6.15. The lowest BCUT2D eigenvalue weighted by Gasteiger charge is -2.03. The molecule has 3 aromatic heterocycles. The highest BCUT2D eigenvalue weighted by molar-refractivity contribution is 9.10.